The second-order valence-corrected chi connectivity index (χ2v) is 4.09. The van der Waals surface area contributed by atoms with Gasteiger partial charge in [0.1, 0.15) is 11.6 Å². The van der Waals surface area contributed by atoms with E-state index < -0.39 is 5.97 Å². The molecule has 1 aromatic carbocycles. The van der Waals surface area contributed by atoms with E-state index in [1.54, 1.807) is 6.07 Å². The maximum Gasteiger partial charge on any atom is 0.348 e. The van der Waals surface area contributed by atoms with Crippen LogP contribution >= 0.6 is 0 Å². The molecule has 20 heavy (non-hydrogen) atoms. The van der Waals surface area contributed by atoms with Crippen molar-refractivity contribution in [1.29, 1.82) is 5.26 Å². The van der Waals surface area contributed by atoms with Gasteiger partial charge in [-0.1, -0.05) is 19.4 Å². The Labute approximate surface area is 118 Å². The topological polar surface area (TPSA) is 79.6 Å². The molecule has 0 saturated heterocycles. The Morgan fingerprint density at radius 2 is 2.25 bits per heavy atom. The van der Waals surface area contributed by atoms with E-state index in [1.807, 2.05) is 13.0 Å². The maximum absolute atomic E-state index is 11.7. The highest BCUT2D eigenvalue weighted by Gasteiger charge is 2.11. The molecule has 0 fully saturated rings. The third-order valence-corrected chi connectivity index (χ3v) is 2.59. The molecular weight excluding hydrogens is 258 g/mol. The summed E-state index contributed by atoms with van der Waals surface area (Å²) >= 11 is 0. The first-order valence-corrected chi connectivity index (χ1v) is 6.28. The van der Waals surface area contributed by atoms with Crippen LogP contribution in [0.25, 0.3) is 6.08 Å². The molecule has 0 aliphatic carbocycles. The van der Waals surface area contributed by atoms with Crippen molar-refractivity contribution >= 4 is 12.0 Å². The van der Waals surface area contributed by atoms with Crippen molar-refractivity contribution in [3.05, 3.63) is 29.3 Å². The summed E-state index contributed by atoms with van der Waals surface area (Å²) in [5.41, 5.74) is 0.484. The van der Waals surface area contributed by atoms with E-state index in [4.69, 9.17) is 14.7 Å². The molecule has 1 rings (SSSR count). The monoisotopic (exact) mass is 275 g/mol. The van der Waals surface area contributed by atoms with E-state index in [0.29, 0.717) is 12.2 Å². The Morgan fingerprint density at radius 1 is 1.50 bits per heavy atom. The van der Waals surface area contributed by atoms with Crippen molar-refractivity contribution in [1.82, 2.24) is 0 Å². The molecular formula is C15H17NO4. The van der Waals surface area contributed by atoms with Crippen LogP contribution in [0.15, 0.2) is 23.8 Å². The number of rotatable bonds is 6. The van der Waals surface area contributed by atoms with Gasteiger partial charge >= 0.3 is 5.97 Å². The van der Waals surface area contributed by atoms with E-state index in [-0.39, 0.29) is 17.1 Å². The van der Waals surface area contributed by atoms with Crippen LogP contribution < -0.4 is 4.74 Å². The number of esters is 1. The predicted octanol–water partition coefficient (Wildman–Crippen LogP) is 2.65. The maximum atomic E-state index is 11.7. The zero-order chi connectivity index (χ0) is 15.0. The summed E-state index contributed by atoms with van der Waals surface area (Å²) < 4.78 is 9.94. The zero-order valence-corrected chi connectivity index (χ0v) is 11.5. The highest BCUT2D eigenvalue weighted by molar-refractivity contribution is 5.97. The number of carbonyl (C=O) groups excluding carboxylic acids is 1. The number of nitrogens with zero attached hydrogens (tertiary/aromatic N) is 1. The molecule has 0 amide bonds. The average molecular weight is 275 g/mol. The normalized spacial score (nSPS) is 10.8. The molecule has 5 heteroatoms. The van der Waals surface area contributed by atoms with Crippen molar-refractivity contribution in [3.63, 3.8) is 0 Å². The number of aromatic hydroxyl groups is 1. The van der Waals surface area contributed by atoms with Crippen LogP contribution in [0.5, 0.6) is 11.5 Å². The van der Waals surface area contributed by atoms with Crippen LogP contribution in [0.4, 0.5) is 0 Å². The third kappa shape index (κ3) is 4.32. The summed E-state index contributed by atoms with van der Waals surface area (Å²) in [5, 5.41) is 18.5. The van der Waals surface area contributed by atoms with Crippen molar-refractivity contribution in [2.45, 2.75) is 19.8 Å². The van der Waals surface area contributed by atoms with Crippen LogP contribution in [0.2, 0.25) is 0 Å². The second kappa shape index (κ2) is 7.85. The number of nitriles is 1. The first-order chi connectivity index (χ1) is 9.62. The minimum Gasteiger partial charge on any atom is -0.504 e. The highest BCUT2D eigenvalue weighted by Crippen LogP contribution is 2.27. The van der Waals surface area contributed by atoms with E-state index in [9.17, 15) is 9.90 Å². The molecule has 0 saturated carbocycles. The summed E-state index contributed by atoms with van der Waals surface area (Å²) in [7, 11) is 1.42. The Kier molecular flexibility index (Phi) is 6.11. The molecule has 0 radical (unpaired) electrons. The number of ether oxygens (including phenoxy) is 2. The van der Waals surface area contributed by atoms with Gasteiger partial charge in [-0.05, 0) is 30.2 Å². The van der Waals surface area contributed by atoms with Gasteiger partial charge < -0.3 is 14.6 Å². The molecule has 106 valence electrons. The molecule has 0 aromatic heterocycles. The first-order valence-electron chi connectivity index (χ1n) is 6.28. The molecule has 0 atom stereocenters. The molecule has 1 aromatic rings. The third-order valence-electron chi connectivity index (χ3n) is 2.59. The van der Waals surface area contributed by atoms with E-state index in [2.05, 4.69) is 0 Å². The summed E-state index contributed by atoms with van der Waals surface area (Å²) in [4.78, 5) is 11.7. The fraction of sp³-hybridized carbons (Fsp3) is 0.333. The smallest absolute Gasteiger partial charge is 0.348 e. The SMILES string of the molecule is CCCCOC(=O)/C(C#N)=C/c1ccc(O)c(OC)c1. The van der Waals surface area contributed by atoms with Gasteiger partial charge in [0.05, 0.1) is 13.7 Å². The molecule has 0 heterocycles. The molecule has 0 aliphatic heterocycles. The molecule has 0 aliphatic rings. The summed E-state index contributed by atoms with van der Waals surface area (Å²) in [6.45, 7) is 2.28. The number of unbranched alkanes of at least 4 members (excludes halogenated alkanes) is 1. The zero-order valence-electron chi connectivity index (χ0n) is 11.5. The Bertz CT molecular complexity index is 543. The minimum atomic E-state index is -0.645. The van der Waals surface area contributed by atoms with Crippen molar-refractivity contribution in [3.8, 4) is 17.6 Å². The lowest BCUT2D eigenvalue weighted by atomic mass is 10.1. The van der Waals surface area contributed by atoms with Crippen LogP contribution in [0, 0.1) is 11.3 Å². The lowest BCUT2D eigenvalue weighted by Gasteiger charge is -2.05. The van der Waals surface area contributed by atoms with Gasteiger partial charge in [0.2, 0.25) is 0 Å². The van der Waals surface area contributed by atoms with Gasteiger partial charge in [0.25, 0.3) is 0 Å². The Balaban J connectivity index is 2.89. The Morgan fingerprint density at radius 3 is 2.85 bits per heavy atom. The van der Waals surface area contributed by atoms with Gasteiger partial charge in [0.15, 0.2) is 11.5 Å². The summed E-state index contributed by atoms with van der Waals surface area (Å²) in [6, 6.07) is 6.36. The van der Waals surface area contributed by atoms with Gasteiger partial charge in [0, 0.05) is 0 Å². The molecule has 5 nitrogen and oxygen atoms in total. The largest absolute Gasteiger partial charge is 0.504 e. The van der Waals surface area contributed by atoms with E-state index in [0.717, 1.165) is 12.8 Å². The van der Waals surface area contributed by atoms with E-state index >= 15 is 0 Å². The number of phenols is 1. The molecule has 1 N–H and O–H groups in total. The lowest BCUT2D eigenvalue weighted by Crippen LogP contribution is -2.07. The van der Waals surface area contributed by atoms with Crippen molar-refractivity contribution in [2.24, 2.45) is 0 Å². The number of hydrogen-bond donors (Lipinski definition) is 1. The highest BCUT2D eigenvalue weighted by atomic mass is 16.5. The van der Waals surface area contributed by atoms with Crippen LogP contribution in [-0.2, 0) is 9.53 Å². The van der Waals surface area contributed by atoms with Gasteiger partial charge in [-0.3, -0.25) is 0 Å². The molecule has 0 bridgehead atoms. The van der Waals surface area contributed by atoms with Gasteiger partial charge in [-0.25, -0.2) is 4.79 Å². The van der Waals surface area contributed by atoms with Crippen LogP contribution in [0.1, 0.15) is 25.3 Å². The number of phenolic OH excluding ortho intramolecular Hbond substituents is 1. The van der Waals surface area contributed by atoms with Gasteiger partial charge in [-0.15, -0.1) is 0 Å². The van der Waals surface area contributed by atoms with Crippen LogP contribution in [0.3, 0.4) is 0 Å². The van der Waals surface area contributed by atoms with Gasteiger partial charge in [-0.2, -0.15) is 5.26 Å². The fourth-order valence-corrected chi connectivity index (χ4v) is 1.47. The molecule has 0 spiro atoms. The number of carbonyl (C=O) groups is 1. The summed E-state index contributed by atoms with van der Waals surface area (Å²) in [6.07, 6.45) is 3.07. The number of hydrogen-bond acceptors (Lipinski definition) is 5. The predicted molar refractivity (Wildman–Crippen MR) is 74.1 cm³/mol. The standard InChI is InChI=1S/C15H17NO4/c1-3-4-7-20-15(18)12(10-16)8-11-5-6-13(17)14(9-11)19-2/h5-6,8-9,17H,3-4,7H2,1-2H3/b12-8+. The minimum absolute atomic E-state index is 0.00585. The van der Waals surface area contributed by atoms with Crippen molar-refractivity contribution in [2.75, 3.05) is 13.7 Å². The van der Waals surface area contributed by atoms with E-state index in [1.165, 1.54) is 25.3 Å². The summed E-state index contributed by atoms with van der Waals surface area (Å²) in [5.74, 6) is -0.378. The van der Waals surface area contributed by atoms with Crippen molar-refractivity contribution < 1.29 is 19.4 Å². The fourth-order valence-electron chi connectivity index (χ4n) is 1.47. The number of benzene rings is 1. The van der Waals surface area contributed by atoms with Crippen LogP contribution in [-0.4, -0.2) is 24.8 Å². The Hall–Kier alpha value is -2.48. The average Bonchev–Trinajstić information content (AvgIpc) is 2.46. The quantitative estimate of drug-likeness (QED) is 0.373. The molecule has 0 unspecified atom stereocenters. The first kappa shape index (κ1) is 15.6. The lowest BCUT2D eigenvalue weighted by molar-refractivity contribution is -0.138. The number of methoxy groups -OCH3 is 1. The second-order valence-electron chi connectivity index (χ2n) is 4.09.